The first-order valence-electron chi connectivity index (χ1n) is 6.53. The van der Waals surface area contributed by atoms with Gasteiger partial charge in [0, 0.05) is 6.42 Å². The number of nitrogens with zero attached hydrogens (tertiary/aromatic N) is 1. The van der Waals surface area contributed by atoms with Crippen molar-refractivity contribution >= 4 is 11.8 Å². The molecule has 0 spiro atoms. The van der Waals surface area contributed by atoms with Crippen molar-refractivity contribution < 1.29 is 9.59 Å². The molecule has 18 heavy (non-hydrogen) atoms. The molecule has 0 aromatic heterocycles. The van der Waals surface area contributed by atoms with E-state index in [9.17, 15) is 9.59 Å². The normalized spacial score (nSPS) is 38.8. The standard InChI is InChI=1S/C12H22N4O2/c1-8-5-7-16(2)6-3-4-9(17)15-12(13)10(8)14-11(12)18/h8,10H,3-7,13H2,1-2H3,(H,14,18)(H,15,17). The van der Waals surface area contributed by atoms with Crippen molar-refractivity contribution in [2.24, 2.45) is 11.7 Å². The smallest absolute Gasteiger partial charge is 0.263 e. The molecule has 0 bridgehead atoms. The van der Waals surface area contributed by atoms with E-state index in [1.807, 2.05) is 0 Å². The lowest BCUT2D eigenvalue weighted by molar-refractivity contribution is -0.146. The molecule has 2 fully saturated rings. The highest BCUT2D eigenvalue weighted by molar-refractivity contribution is 5.97. The number of amides is 2. The summed E-state index contributed by atoms with van der Waals surface area (Å²) in [6.45, 7) is 3.91. The second-order valence-corrected chi connectivity index (χ2v) is 5.54. The third-order valence-electron chi connectivity index (χ3n) is 3.98. The monoisotopic (exact) mass is 254 g/mol. The molecule has 2 heterocycles. The minimum Gasteiger partial charge on any atom is -0.345 e. The predicted octanol–water partition coefficient (Wildman–Crippen LogP) is -0.992. The Morgan fingerprint density at radius 2 is 2.11 bits per heavy atom. The third kappa shape index (κ3) is 2.35. The van der Waals surface area contributed by atoms with Gasteiger partial charge in [-0.1, -0.05) is 6.92 Å². The van der Waals surface area contributed by atoms with Crippen LogP contribution >= 0.6 is 0 Å². The average Bonchev–Trinajstić information content (AvgIpc) is 2.32. The quantitative estimate of drug-likeness (QED) is 0.484. The van der Waals surface area contributed by atoms with E-state index < -0.39 is 5.66 Å². The second kappa shape index (κ2) is 4.85. The maximum atomic E-state index is 11.8. The van der Waals surface area contributed by atoms with Crippen LogP contribution < -0.4 is 16.4 Å². The molecule has 2 saturated heterocycles. The molecule has 0 saturated carbocycles. The predicted molar refractivity (Wildman–Crippen MR) is 67.5 cm³/mol. The molecule has 3 unspecified atom stereocenters. The Bertz CT molecular complexity index is 360. The van der Waals surface area contributed by atoms with E-state index >= 15 is 0 Å². The Balaban J connectivity index is 2.13. The number of hydrogen-bond acceptors (Lipinski definition) is 4. The molecule has 0 radical (unpaired) electrons. The van der Waals surface area contributed by atoms with E-state index in [2.05, 4.69) is 29.5 Å². The van der Waals surface area contributed by atoms with Crippen LogP contribution in [0.5, 0.6) is 0 Å². The van der Waals surface area contributed by atoms with Gasteiger partial charge in [-0.15, -0.1) is 0 Å². The molecule has 2 amide bonds. The highest BCUT2D eigenvalue weighted by Crippen LogP contribution is 2.25. The van der Waals surface area contributed by atoms with Gasteiger partial charge < -0.3 is 15.5 Å². The van der Waals surface area contributed by atoms with Gasteiger partial charge in [-0.05, 0) is 38.9 Å². The number of fused-ring (bicyclic) bond motifs is 1. The topological polar surface area (TPSA) is 87.5 Å². The van der Waals surface area contributed by atoms with Crippen LogP contribution in [0, 0.1) is 5.92 Å². The van der Waals surface area contributed by atoms with Gasteiger partial charge in [0.25, 0.3) is 5.91 Å². The lowest BCUT2D eigenvalue weighted by Crippen LogP contribution is -2.85. The van der Waals surface area contributed by atoms with Crippen LogP contribution in [0.3, 0.4) is 0 Å². The number of rotatable bonds is 0. The molecule has 2 aliphatic heterocycles. The fraction of sp³-hybridized carbons (Fsp3) is 0.833. The minimum absolute atomic E-state index is 0.139. The summed E-state index contributed by atoms with van der Waals surface area (Å²) in [6, 6.07) is -0.166. The molecule has 2 aliphatic rings. The summed E-state index contributed by atoms with van der Waals surface area (Å²) in [5.41, 5.74) is 4.84. The fourth-order valence-corrected chi connectivity index (χ4v) is 2.67. The molecule has 3 atom stereocenters. The Hall–Kier alpha value is -1.14. The summed E-state index contributed by atoms with van der Waals surface area (Å²) in [5.74, 6) is -0.172. The second-order valence-electron chi connectivity index (χ2n) is 5.54. The lowest BCUT2D eigenvalue weighted by atomic mass is 9.80. The van der Waals surface area contributed by atoms with Gasteiger partial charge in [-0.25, -0.2) is 0 Å². The van der Waals surface area contributed by atoms with E-state index in [0.717, 1.165) is 25.9 Å². The van der Waals surface area contributed by atoms with Crippen molar-refractivity contribution in [2.75, 3.05) is 20.1 Å². The van der Waals surface area contributed by atoms with Crippen LogP contribution in [0.15, 0.2) is 0 Å². The van der Waals surface area contributed by atoms with Crippen LogP contribution in [0.4, 0.5) is 0 Å². The summed E-state index contributed by atoms with van der Waals surface area (Å²) in [6.07, 6.45) is 2.16. The van der Waals surface area contributed by atoms with Gasteiger partial charge in [0.05, 0.1) is 6.04 Å². The van der Waals surface area contributed by atoms with Crippen LogP contribution in [-0.4, -0.2) is 48.6 Å². The summed E-state index contributed by atoms with van der Waals surface area (Å²) in [4.78, 5) is 25.6. The van der Waals surface area contributed by atoms with Crippen molar-refractivity contribution in [3.05, 3.63) is 0 Å². The Kier molecular flexibility index (Phi) is 3.59. The van der Waals surface area contributed by atoms with Crippen molar-refractivity contribution in [1.82, 2.24) is 15.5 Å². The minimum atomic E-state index is -1.21. The van der Waals surface area contributed by atoms with E-state index in [0.29, 0.717) is 6.42 Å². The van der Waals surface area contributed by atoms with Gasteiger partial charge in [0.2, 0.25) is 5.91 Å². The molecule has 0 aromatic rings. The summed E-state index contributed by atoms with van der Waals surface area (Å²) in [5, 5.41) is 5.50. The largest absolute Gasteiger partial charge is 0.345 e. The van der Waals surface area contributed by atoms with Crippen molar-refractivity contribution in [3.63, 3.8) is 0 Å². The van der Waals surface area contributed by atoms with Crippen molar-refractivity contribution in [2.45, 2.75) is 37.9 Å². The van der Waals surface area contributed by atoms with Gasteiger partial charge in [-0.3, -0.25) is 15.3 Å². The van der Waals surface area contributed by atoms with Gasteiger partial charge in [-0.2, -0.15) is 0 Å². The van der Waals surface area contributed by atoms with Crippen LogP contribution in [0.25, 0.3) is 0 Å². The Morgan fingerprint density at radius 3 is 2.78 bits per heavy atom. The molecule has 102 valence electrons. The Morgan fingerprint density at radius 1 is 1.39 bits per heavy atom. The zero-order chi connectivity index (χ0) is 13.3. The SMILES string of the molecule is CC1CCN(C)CCCC(=O)NC2(N)C(=O)NC12. The van der Waals surface area contributed by atoms with E-state index in [1.165, 1.54) is 0 Å². The maximum absolute atomic E-state index is 11.8. The third-order valence-corrected chi connectivity index (χ3v) is 3.98. The molecule has 4 N–H and O–H groups in total. The van der Waals surface area contributed by atoms with Crippen molar-refractivity contribution in [3.8, 4) is 0 Å². The number of β-lactam (4-membered cyclic amide) rings is 1. The first-order chi connectivity index (χ1) is 8.43. The van der Waals surface area contributed by atoms with E-state index in [4.69, 9.17) is 5.73 Å². The molecule has 0 aromatic carbocycles. The molecule has 6 heteroatoms. The van der Waals surface area contributed by atoms with Crippen LogP contribution in [0.1, 0.15) is 26.2 Å². The number of carbonyl (C=O) groups excluding carboxylic acids is 2. The Labute approximate surface area is 107 Å². The number of nitrogens with one attached hydrogen (secondary N) is 2. The highest BCUT2D eigenvalue weighted by Gasteiger charge is 2.55. The highest BCUT2D eigenvalue weighted by atomic mass is 16.2. The molecular weight excluding hydrogens is 232 g/mol. The molecule has 0 aliphatic carbocycles. The number of nitrogens with two attached hydrogens (primary N) is 1. The van der Waals surface area contributed by atoms with Crippen LogP contribution in [0.2, 0.25) is 0 Å². The summed E-state index contributed by atoms with van der Waals surface area (Å²) < 4.78 is 0. The molecule has 6 nitrogen and oxygen atoms in total. The summed E-state index contributed by atoms with van der Waals surface area (Å²) in [7, 11) is 2.05. The maximum Gasteiger partial charge on any atom is 0.263 e. The zero-order valence-corrected chi connectivity index (χ0v) is 11.0. The number of carbonyl (C=O) groups is 2. The van der Waals surface area contributed by atoms with E-state index in [-0.39, 0.29) is 23.8 Å². The lowest BCUT2D eigenvalue weighted by Gasteiger charge is -2.48. The van der Waals surface area contributed by atoms with Crippen LogP contribution in [-0.2, 0) is 9.59 Å². The average molecular weight is 254 g/mol. The van der Waals surface area contributed by atoms with Gasteiger partial charge in [0.1, 0.15) is 0 Å². The molecule has 2 rings (SSSR count). The fourth-order valence-electron chi connectivity index (χ4n) is 2.67. The van der Waals surface area contributed by atoms with E-state index in [1.54, 1.807) is 0 Å². The van der Waals surface area contributed by atoms with Gasteiger partial charge in [0.15, 0.2) is 5.66 Å². The van der Waals surface area contributed by atoms with Crippen molar-refractivity contribution in [1.29, 1.82) is 0 Å². The summed E-state index contributed by atoms with van der Waals surface area (Å²) >= 11 is 0. The zero-order valence-electron chi connectivity index (χ0n) is 11.0. The first-order valence-corrected chi connectivity index (χ1v) is 6.53. The molecular formula is C12H22N4O2. The number of hydrogen-bond donors (Lipinski definition) is 3. The first kappa shape index (κ1) is 13.3. The van der Waals surface area contributed by atoms with Gasteiger partial charge >= 0.3 is 0 Å².